The minimum atomic E-state index is -0.199. The summed E-state index contributed by atoms with van der Waals surface area (Å²) >= 11 is 0. The molecule has 0 amide bonds. The summed E-state index contributed by atoms with van der Waals surface area (Å²) in [5.74, 6) is -0.199. The molecule has 4 heteroatoms. The normalized spacial score (nSPS) is 28.8. The number of hydrogen-bond donors (Lipinski definition) is 1. The molecule has 1 rings (SSSR count). The molecule has 0 aromatic carbocycles. The van der Waals surface area contributed by atoms with Crippen LogP contribution in [0.5, 0.6) is 0 Å². The summed E-state index contributed by atoms with van der Waals surface area (Å²) in [6.07, 6.45) is 2.45. The molecule has 1 heterocycles. The van der Waals surface area contributed by atoms with Gasteiger partial charge in [0.05, 0.1) is 7.11 Å². The molecule has 74 valence electrons. The number of likely N-dealkylation sites (tertiary alicyclic amines) is 1. The fraction of sp³-hybridized carbons (Fsp3) is 0.667. The third-order valence-electron chi connectivity index (χ3n) is 2.27. The zero-order valence-corrected chi connectivity index (χ0v) is 7.90. The number of hydrogen-bond acceptors (Lipinski definition) is 4. The quantitative estimate of drug-likeness (QED) is 0.485. The second kappa shape index (κ2) is 4.39. The van der Waals surface area contributed by atoms with E-state index >= 15 is 0 Å². The van der Waals surface area contributed by atoms with Crippen LogP contribution < -0.4 is 5.73 Å². The Morgan fingerprint density at radius 2 is 2.54 bits per heavy atom. The lowest BCUT2D eigenvalue weighted by molar-refractivity contribution is -0.145. The van der Waals surface area contributed by atoms with Crippen molar-refractivity contribution in [1.29, 1.82) is 0 Å². The zero-order valence-electron chi connectivity index (χ0n) is 7.90. The van der Waals surface area contributed by atoms with E-state index in [1.54, 1.807) is 6.08 Å². The minimum absolute atomic E-state index is 0.0732. The van der Waals surface area contributed by atoms with Crippen molar-refractivity contribution in [3.05, 3.63) is 12.7 Å². The van der Waals surface area contributed by atoms with Gasteiger partial charge in [-0.05, 0) is 6.42 Å². The van der Waals surface area contributed by atoms with Gasteiger partial charge >= 0.3 is 5.97 Å². The van der Waals surface area contributed by atoms with Gasteiger partial charge in [0.1, 0.15) is 6.04 Å². The van der Waals surface area contributed by atoms with Crippen LogP contribution in [0.25, 0.3) is 0 Å². The number of carbonyl (C=O) groups excluding carboxylic acids is 1. The first-order valence-corrected chi connectivity index (χ1v) is 4.37. The highest BCUT2D eigenvalue weighted by Gasteiger charge is 2.34. The van der Waals surface area contributed by atoms with Crippen LogP contribution in [0.2, 0.25) is 0 Å². The molecular weight excluding hydrogens is 168 g/mol. The molecule has 1 saturated heterocycles. The van der Waals surface area contributed by atoms with Gasteiger partial charge in [0, 0.05) is 19.1 Å². The lowest BCUT2D eigenvalue weighted by Crippen LogP contribution is -2.36. The first-order valence-electron chi connectivity index (χ1n) is 4.37. The molecule has 1 aliphatic heterocycles. The van der Waals surface area contributed by atoms with Crippen molar-refractivity contribution in [1.82, 2.24) is 4.90 Å². The Bertz CT molecular complexity index is 206. The average molecular weight is 184 g/mol. The molecule has 0 spiro atoms. The number of methoxy groups -OCH3 is 1. The van der Waals surface area contributed by atoms with Crippen LogP contribution in [-0.4, -0.2) is 43.2 Å². The Morgan fingerprint density at radius 3 is 3.08 bits per heavy atom. The van der Waals surface area contributed by atoms with E-state index < -0.39 is 0 Å². The van der Waals surface area contributed by atoms with E-state index in [0.717, 1.165) is 6.54 Å². The Labute approximate surface area is 78.3 Å². The van der Waals surface area contributed by atoms with Gasteiger partial charge in [0.15, 0.2) is 0 Å². The average Bonchev–Trinajstić information content (AvgIpc) is 2.46. The van der Waals surface area contributed by atoms with Crippen molar-refractivity contribution in [2.75, 3.05) is 20.2 Å². The van der Waals surface area contributed by atoms with Crippen LogP contribution in [0, 0.1) is 0 Å². The molecule has 13 heavy (non-hydrogen) atoms. The summed E-state index contributed by atoms with van der Waals surface area (Å²) in [4.78, 5) is 13.3. The molecule has 2 atom stereocenters. The molecule has 0 radical (unpaired) electrons. The fourth-order valence-electron chi connectivity index (χ4n) is 1.69. The smallest absolute Gasteiger partial charge is 0.323 e. The topological polar surface area (TPSA) is 55.6 Å². The largest absolute Gasteiger partial charge is 0.468 e. The van der Waals surface area contributed by atoms with E-state index in [-0.39, 0.29) is 18.1 Å². The predicted octanol–water partition coefficient (Wildman–Crippen LogP) is -0.253. The van der Waals surface area contributed by atoms with Crippen LogP contribution in [0.15, 0.2) is 12.7 Å². The number of nitrogens with two attached hydrogens (primary N) is 1. The van der Waals surface area contributed by atoms with Crippen molar-refractivity contribution in [2.24, 2.45) is 5.73 Å². The molecule has 0 unspecified atom stereocenters. The number of carbonyl (C=O) groups is 1. The third kappa shape index (κ3) is 2.29. The molecule has 0 bridgehead atoms. The first kappa shape index (κ1) is 10.2. The van der Waals surface area contributed by atoms with Gasteiger partial charge in [0.25, 0.3) is 0 Å². The highest BCUT2D eigenvalue weighted by Crippen LogP contribution is 2.17. The van der Waals surface area contributed by atoms with Crippen LogP contribution in [-0.2, 0) is 9.53 Å². The SMILES string of the molecule is C=CCN1C[C@H](N)C[C@H]1C(=O)OC. The molecule has 0 aliphatic carbocycles. The molecule has 2 N–H and O–H groups in total. The summed E-state index contributed by atoms with van der Waals surface area (Å²) in [6.45, 7) is 5.06. The number of nitrogens with zero attached hydrogens (tertiary/aromatic N) is 1. The number of ether oxygens (including phenoxy) is 1. The molecule has 1 aliphatic rings. The third-order valence-corrected chi connectivity index (χ3v) is 2.27. The molecule has 4 nitrogen and oxygen atoms in total. The lowest BCUT2D eigenvalue weighted by Gasteiger charge is -2.19. The maximum atomic E-state index is 11.3. The summed E-state index contributed by atoms with van der Waals surface area (Å²) in [6, 6.07) is -0.109. The van der Waals surface area contributed by atoms with Crippen molar-refractivity contribution in [2.45, 2.75) is 18.5 Å². The second-order valence-corrected chi connectivity index (χ2v) is 3.28. The van der Waals surface area contributed by atoms with E-state index in [4.69, 9.17) is 5.73 Å². The highest BCUT2D eigenvalue weighted by molar-refractivity contribution is 5.76. The maximum Gasteiger partial charge on any atom is 0.323 e. The first-order chi connectivity index (χ1) is 6.19. The Balaban J connectivity index is 2.59. The van der Waals surface area contributed by atoms with Crippen molar-refractivity contribution in [3.63, 3.8) is 0 Å². The van der Waals surface area contributed by atoms with Gasteiger partial charge < -0.3 is 10.5 Å². The molecular formula is C9H16N2O2. The summed E-state index contributed by atoms with van der Waals surface area (Å²) in [5, 5.41) is 0. The fourth-order valence-corrected chi connectivity index (χ4v) is 1.69. The van der Waals surface area contributed by atoms with Crippen LogP contribution in [0.3, 0.4) is 0 Å². The minimum Gasteiger partial charge on any atom is -0.468 e. The lowest BCUT2D eigenvalue weighted by atomic mass is 10.2. The molecule has 0 aromatic rings. The van der Waals surface area contributed by atoms with Gasteiger partial charge in [-0.1, -0.05) is 6.08 Å². The van der Waals surface area contributed by atoms with Crippen molar-refractivity contribution in [3.8, 4) is 0 Å². The van der Waals surface area contributed by atoms with Crippen LogP contribution in [0.1, 0.15) is 6.42 Å². The number of esters is 1. The van der Waals surface area contributed by atoms with Crippen molar-refractivity contribution < 1.29 is 9.53 Å². The van der Waals surface area contributed by atoms with E-state index in [0.29, 0.717) is 13.0 Å². The van der Waals surface area contributed by atoms with E-state index in [1.165, 1.54) is 7.11 Å². The predicted molar refractivity (Wildman–Crippen MR) is 50.2 cm³/mol. The van der Waals surface area contributed by atoms with E-state index in [2.05, 4.69) is 11.3 Å². The van der Waals surface area contributed by atoms with Crippen molar-refractivity contribution >= 4 is 5.97 Å². The maximum absolute atomic E-state index is 11.3. The van der Waals surface area contributed by atoms with E-state index in [9.17, 15) is 4.79 Å². The molecule has 0 aromatic heterocycles. The van der Waals surface area contributed by atoms with E-state index in [1.807, 2.05) is 4.90 Å². The van der Waals surface area contributed by atoms with Crippen LogP contribution >= 0.6 is 0 Å². The molecule has 0 saturated carbocycles. The summed E-state index contributed by atoms with van der Waals surface area (Å²) in [5.41, 5.74) is 5.75. The number of rotatable bonds is 3. The van der Waals surface area contributed by atoms with Gasteiger partial charge in [-0.15, -0.1) is 6.58 Å². The summed E-state index contributed by atoms with van der Waals surface area (Å²) in [7, 11) is 1.40. The van der Waals surface area contributed by atoms with Gasteiger partial charge in [-0.3, -0.25) is 9.69 Å². The van der Waals surface area contributed by atoms with Crippen LogP contribution in [0.4, 0.5) is 0 Å². The standard InChI is InChI=1S/C9H16N2O2/c1-3-4-11-6-7(10)5-8(11)9(12)13-2/h3,7-8H,1,4-6,10H2,2H3/t7-,8+/m1/s1. The van der Waals surface area contributed by atoms with Gasteiger partial charge in [0.2, 0.25) is 0 Å². The van der Waals surface area contributed by atoms with Gasteiger partial charge in [-0.2, -0.15) is 0 Å². The second-order valence-electron chi connectivity index (χ2n) is 3.28. The molecule has 1 fully saturated rings. The Morgan fingerprint density at radius 1 is 1.85 bits per heavy atom. The highest BCUT2D eigenvalue weighted by atomic mass is 16.5. The monoisotopic (exact) mass is 184 g/mol. The van der Waals surface area contributed by atoms with Gasteiger partial charge in [-0.25, -0.2) is 0 Å². The Hall–Kier alpha value is -0.870. The summed E-state index contributed by atoms with van der Waals surface area (Å²) < 4.78 is 4.69. The zero-order chi connectivity index (χ0) is 9.84. The Kier molecular flexibility index (Phi) is 3.45.